The van der Waals surface area contributed by atoms with Crippen molar-refractivity contribution in [2.24, 2.45) is 0 Å². The molecule has 1 amide bonds. The van der Waals surface area contributed by atoms with Crippen LogP contribution in [0.2, 0.25) is 0 Å². The van der Waals surface area contributed by atoms with Gasteiger partial charge in [0.1, 0.15) is 0 Å². The molecule has 0 aliphatic carbocycles. The molecule has 0 aromatic heterocycles. The monoisotopic (exact) mass is 199 g/mol. The minimum atomic E-state index is 0.0269. The number of hydrogen-bond donors (Lipinski definition) is 2. The van der Waals surface area contributed by atoms with Gasteiger partial charge in [-0.1, -0.05) is 33.1 Å². The second-order valence-corrected chi connectivity index (χ2v) is 3.74. The lowest BCUT2D eigenvalue weighted by Gasteiger charge is -2.21. The first kappa shape index (κ1) is 13.4. The van der Waals surface area contributed by atoms with Crippen LogP contribution in [0.3, 0.4) is 0 Å². The highest BCUT2D eigenvalue weighted by Crippen LogP contribution is 2.06. The summed E-state index contributed by atoms with van der Waals surface area (Å²) in [5, 5.41) is 5.94. The summed E-state index contributed by atoms with van der Waals surface area (Å²) in [4.78, 5) is 10.1. The summed E-state index contributed by atoms with van der Waals surface area (Å²) in [7, 11) is 0. The standard InChI is InChI=1S/C11H23N2O/c1-4-6-7-8-11(5-2)13-10(3)12-9-14/h10-11,13H,4-8H2,1-3H3,(H,12,14). The minimum Gasteiger partial charge on any atom is -0.333 e. The van der Waals surface area contributed by atoms with Crippen LogP contribution in [0, 0.1) is 0 Å². The van der Waals surface area contributed by atoms with Gasteiger partial charge in [-0.05, 0) is 19.8 Å². The van der Waals surface area contributed by atoms with Gasteiger partial charge in [-0.2, -0.15) is 0 Å². The zero-order valence-electron chi connectivity index (χ0n) is 9.60. The maximum absolute atomic E-state index is 10.1. The van der Waals surface area contributed by atoms with E-state index < -0.39 is 0 Å². The van der Waals surface area contributed by atoms with E-state index in [4.69, 9.17) is 0 Å². The molecule has 3 heteroatoms. The van der Waals surface area contributed by atoms with Crippen molar-refractivity contribution in [3.05, 3.63) is 0 Å². The van der Waals surface area contributed by atoms with Crippen molar-refractivity contribution in [3.8, 4) is 0 Å². The Kier molecular flexibility index (Phi) is 8.64. The number of nitrogens with one attached hydrogen (secondary N) is 2. The van der Waals surface area contributed by atoms with Gasteiger partial charge in [0, 0.05) is 6.04 Å². The van der Waals surface area contributed by atoms with Gasteiger partial charge in [-0.25, -0.2) is 0 Å². The lowest BCUT2D eigenvalue weighted by molar-refractivity contribution is 0.382. The summed E-state index contributed by atoms with van der Waals surface area (Å²) < 4.78 is 0. The van der Waals surface area contributed by atoms with Crippen LogP contribution in [-0.4, -0.2) is 18.6 Å². The topological polar surface area (TPSA) is 41.1 Å². The number of unbranched alkanes of at least 4 members (excludes halogenated alkanes) is 2. The largest absolute Gasteiger partial charge is 0.333 e. The summed E-state index contributed by atoms with van der Waals surface area (Å²) in [6, 6.07) is 0.511. The van der Waals surface area contributed by atoms with Gasteiger partial charge < -0.3 is 5.32 Å². The van der Waals surface area contributed by atoms with E-state index in [1.54, 1.807) is 6.41 Å². The molecule has 0 spiro atoms. The van der Waals surface area contributed by atoms with Crippen molar-refractivity contribution in [3.63, 3.8) is 0 Å². The molecule has 83 valence electrons. The maximum Gasteiger partial charge on any atom is 0.310 e. The zero-order valence-corrected chi connectivity index (χ0v) is 9.60. The Bertz CT molecular complexity index is 139. The molecule has 2 unspecified atom stereocenters. The molecule has 1 radical (unpaired) electrons. The van der Waals surface area contributed by atoms with Crippen LogP contribution < -0.4 is 10.6 Å². The van der Waals surface area contributed by atoms with Crippen LogP contribution in [0.5, 0.6) is 0 Å². The number of amides is 1. The van der Waals surface area contributed by atoms with Crippen molar-refractivity contribution >= 4 is 6.41 Å². The molecule has 0 heterocycles. The highest BCUT2D eigenvalue weighted by atomic mass is 16.1. The van der Waals surface area contributed by atoms with Crippen LogP contribution in [0.4, 0.5) is 0 Å². The molecule has 0 aliphatic heterocycles. The van der Waals surface area contributed by atoms with Gasteiger partial charge in [-0.15, -0.1) is 0 Å². The molecule has 0 bridgehead atoms. The number of carbonyl (C=O) groups excluding carboxylic acids is 1. The second-order valence-electron chi connectivity index (χ2n) is 3.74. The lowest BCUT2D eigenvalue weighted by Crippen LogP contribution is -2.44. The average Bonchev–Trinajstić information content (AvgIpc) is 2.17. The van der Waals surface area contributed by atoms with Crippen molar-refractivity contribution in [2.45, 2.75) is 65.1 Å². The molecule has 0 rings (SSSR count). The second kappa shape index (κ2) is 9.00. The molecule has 2 N–H and O–H groups in total. The average molecular weight is 199 g/mol. The highest BCUT2D eigenvalue weighted by Gasteiger charge is 2.08. The molecular weight excluding hydrogens is 176 g/mol. The van der Waals surface area contributed by atoms with Crippen LogP contribution in [0.1, 0.15) is 52.9 Å². The summed E-state index contributed by atoms with van der Waals surface area (Å²) in [5.74, 6) is 0. The third-order valence-corrected chi connectivity index (χ3v) is 2.41. The molecule has 14 heavy (non-hydrogen) atoms. The lowest BCUT2D eigenvalue weighted by atomic mass is 10.1. The third kappa shape index (κ3) is 6.89. The van der Waals surface area contributed by atoms with Gasteiger partial charge in [-0.3, -0.25) is 10.1 Å². The zero-order chi connectivity index (χ0) is 10.8. The third-order valence-electron chi connectivity index (χ3n) is 2.41. The van der Waals surface area contributed by atoms with Gasteiger partial charge in [0.2, 0.25) is 0 Å². The van der Waals surface area contributed by atoms with Crippen molar-refractivity contribution < 1.29 is 4.79 Å². The van der Waals surface area contributed by atoms with E-state index >= 15 is 0 Å². The fourth-order valence-corrected chi connectivity index (χ4v) is 1.53. The molecule has 0 aromatic rings. The van der Waals surface area contributed by atoms with Crippen molar-refractivity contribution in [1.29, 1.82) is 0 Å². The van der Waals surface area contributed by atoms with Crippen LogP contribution in [0.15, 0.2) is 0 Å². The van der Waals surface area contributed by atoms with Crippen molar-refractivity contribution in [2.75, 3.05) is 0 Å². The molecule has 3 nitrogen and oxygen atoms in total. The van der Waals surface area contributed by atoms with E-state index in [0.717, 1.165) is 6.42 Å². The Morgan fingerprint density at radius 3 is 2.50 bits per heavy atom. The predicted octanol–water partition coefficient (Wildman–Crippen LogP) is 1.94. The van der Waals surface area contributed by atoms with E-state index in [1.165, 1.54) is 25.7 Å². The Labute approximate surface area is 87.6 Å². The molecule has 0 aromatic carbocycles. The van der Waals surface area contributed by atoms with E-state index in [-0.39, 0.29) is 6.17 Å². The Morgan fingerprint density at radius 2 is 2.00 bits per heavy atom. The SMILES string of the molecule is CCCCCC(CC)NC(C)N[C]=O. The molecular formula is C11H23N2O. The summed E-state index contributed by atoms with van der Waals surface area (Å²) in [6.45, 7) is 6.31. The van der Waals surface area contributed by atoms with E-state index in [2.05, 4.69) is 24.5 Å². The number of rotatable bonds is 9. The Hall–Kier alpha value is -0.570. The molecule has 0 saturated carbocycles. The quantitative estimate of drug-likeness (QED) is 0.338. The van der Waals surface area contributed by atoms with Crippen molar-refractivity contribution in [1.82, 2.24) is 10.6 Å². The van der Waals surface area contributed by atoms with Gasteiger partial charge in [0.25, 0.3) is 0 Å². The molecule has 0 aliphatic rings. The van der Waals surface area contributed by atoms with Crippen LogP contribution in [0.25, 0.3) is 0 Å². The van der Waals surface area contributed by atoms with E-state index in [9.17, 15) is 4.79 Å². The normalized spacial score (nSPS) is 14.8. The number of hydrogen-bond acceptors (Lipinski definition) is 2. The van der Waals surface area contributed by atoms with E-state index in [0.29, 0.717) is 6.04 Å². The fourth-order valence-electron chi connectivity index (χ4n) is 1.53. The van der Waals surface area contributed by atoms with Crippen LogP contribution >= 0.6 is 0 Å². The predicted molar refractivity (Wildman–Crippen MR) is 59.6 cm³/mol. The summed E-state index contributed by atoms with van der Waals surface area (Å²) in [5.41, 5.74) is 0. The maximum atomic E-state index is 10.1. The summed E-state index contributed by atoms with van der Waals surface area (Å²) in [6.07, 6.45) is 7.84. The summed E-state index contributed by atoms with van der Waals surface area (Å²) >= 11 is 0. The molecule has 2 atom stereocenters. The Balaban J connectivity index is 3.60. The van der Waals surface area contributed by atoms with Gasteiger partial charge >= 0.3 is 6.41 Å². The van der Waals surface area contributed by atoms with E-state index in [1.807, 2.05) is 6.92 Å². The Morgan fingerprint density at radius 1 is 1.29 bits per heavy atom. The smallest absolute Gasteiger partial charge is 0.310 e. The highest BCUT2D eigenvalue weighted by molar-refractivity contribution is 5.47. The molecule has 0 saturated heterocycles. The first-order valence-corrected chi connectivity index (χ1v) is 5.63. The molecule has 0 fully saturated rings. The van der Waals surface area contributed by atoms with Gasteiger partial charge in [0.15, 0.2) is 0 Å². The fraction of sp³-hybridized carbons (Fsp3) is 0.909. The minimum absolute atomic E-state index is 0.0269. The van der Waals surface area contributed by atoms with Gasteiger partial charge in [0.05, 0.1) is 6.17 Å². The van der Waals surface area contributed by atoms with Crippen LogP contribution in [-0.2, 0) is 4.79 Å². The first-order chi connectivity index (χ1) is 6.74. The first-order valence-electron chi connectivity index (χ1n) is 5.63.